The van der Waals surface area contributed by atoms with Gasteiger partial charge in [-0.3, -0.25) is 4.98 Å². The Labute approximate surface area is 106 Å². The second kappa shape index (κ2) is 5.81. The standard InChI is InChI=1S/C12H16N6/c1-14-10-8-11(18-12(13)17-10)16-7-4-9-2-5-15-6-3-9/h2-3,5-6,8H,4,7H2,1H3,(H4,13,14,16,17,18). The second-order valence-corrected chi connectivity index (χ2v) is 3.78. The smallest absolute Gasteiger partial charge is 0.223 e. The van der Waals surface area contributed by atoms with Gasteiger partial charge in [0.15, 0.2) is 0 Å². The van der Waals surface area contributed by atoms with E-state index < -0.39 is 0 Å². The molecular weight excluding hydrogens is 228 g/mol. The summed E-state index contributed by atoms with van der Waals surface area (Å²) in [4.78, 5) is 12.1. The van der Waals surface area contributed by atoms with E-state index >= 15 is 0 Å². The molecule has 2 rings (SSSR count). The van der Waals surface area contributed by atoms with Crippen molar-refractivity contribution < 1.29 is 0 Å². The Morgan fingerprint density at radius 1 is 1.17 bits per heavy atom. The van der Waals surface area contributed by atoms with Gasteiger partial charge in [-0.25, -0.2) is 0 Å². The summed E-state index contributed by atoms with van der Waals surface area (Å²) in [6.07, 6.45) is 4.48. The van der Waals surface area contributed by atoms with Crippen molar-refractivity contribution in [2.75, 3.05) is 30.0 Å². The predicted molar refractivity (Wildman–Crippen MR) is 72.4 cm³/mol. The molecule has 0 saturated carbocycles. The summed E-state index contributed by atoms with van der Waals surface area (Å²) in [7, 11) is 1.79. The Bertz CT molecular complexity index is 499. The van der Waals surface area contributed by atoms with E-state index in [2.05, 4.69) is 25.6 Å². The fraction of sp³-hybridized carbons (Fsp3) is 0.250. The van der Waals surface area contributed by atoms with E-state index in [1.54, 1.807) is 19.4 Å². The molecule has 0 saturated heterocycles. The maximum absolute atomic E-state index is 5.61. The van der Waals surface area contributed by atoms with Gasteiger partial charge in [0.05, 0.1) is 0 Å². The van der Waals surface area contributed by atoms with Gasteiger partial charge in [0, 0.05) is 32.1 Å². The molecule has 6 nitrogen and oxygen atoms in total. The number of nitrogens with zero attached hydrogens (tertiary/aromatic N) is 3. The highest BCUT2D eigenvalue weighted by Gasteiger charge is 2.00. The third-order valence-corrected chi connectivity index (χ3v) is 2.47. The number of rotatable bonds is 5. The molecule has 0 atom stereocenters. The lowest BCUT2D eigenvalue weighted by molar-refractivity contribution is 0.996. The van der Waals surface area contributed by atoms with Crippen LogP contribution in [0.2, 0.25) is 0 Å². The molecule has 0 amide bonds. The third kappa shape index (κ3) is 3.31. The Morgan fingerprint density at radius 3 is 2.61 bits per heavy atom. The summed E-state index contributed by atoms with van der Waals surface area (Å²) in [6, 6.07) is 5.81. The molecule has 2 heterocycles. The van der Waals surface area contributed by atoms with Crippen molar-refractivity contribution in [2.45, 2.75) is 6.42 Å². The van der Waals surface area contributed by atoms with Gasteiger partial charge in [-0.1, -0.05) is 0 Å². The molecule has 0 bridgehead atoms. The van der Waals surface area contributed by atoms with Gasteiger partial charge < -0.3 is 16.4 Å². The first kappa shape index (κ1) is 12.1. The lowest BCUT2D eigenvalue weighted by atomic mass is 10.2. The van der Waals surface area contributed by atoms with Crippen LogP contribution in [0.1, 0.15) is 5.56 Å². The van der Waals surface area contributed by atoms with Crippen molar-refractivity contribution in [3.8, 4) is 0 Å². The Kier molecular flexibility index (Phi) is 3.90. The number of aromatic nitrogens is 3. The van der Waals surface area contributed by atoms with Crippen LogP contribution in [0.15, 0.2) is 30.6 Å². The van der Waals surface area contributed by atoms with Crippen LogP contribution in [0.3, 0.4) is 0 Å². The third-order valence-electron chi connectivity index (χ3n) is 2.47. The molecule has 0 aliphatic heterocycles. The maximum atomic E-state index is 5.61. The summed E-state index contributed by atoms with van der Waals surface area (Å²) in [6.45, 7) is 0.781. The normalized spacial score (nSPS) is 10.1. The van der Waals surface area contributed by atoms with Crippen molar-refractivity contribution in [3.63, 3.8) is 0 Å². The highest BCUT2D eigenvalue weighted by molar-refractivity contribution is 5.50. The highest BCUT2D eigenvalue weighted by atomic mass is 15.1. The zero-order chi connectivity index (χ0) is 12.8. The number of nitrogens with two attached hydrogens (primary N) is 1. The number of hydrogen-bond donors (Lipinski definition) is 3. The van der Waals surface area contributed by atoms with Crippen LogP contribution in [-0.2, 0) is 6.42 Å². The largest absolute Gasteiger partial charge is 0.373 e. The van der Waals surface area contributed by atoms with Crippen molar-refractivity contribution in [1.82, 2.24) is 15.0 Å². The van der Waals surface area contributed by atoms with E-state index in [1.165, 1.54) is 5.56 Å². The Balaban J connectivity index is 1.92. The molecule has 0 aromatic carbocycles. The summed E-state index contributed by atoms with van der Waals surface area (Å²) in [5, 5.41) is 6.15. The summed E-state index contributed by atoms with van der Waals surface area (Å²) in [5.74, 6) is 1.68. The Hall–Kier alpha value is -2.37. The minimum absolute atomic E-state index is 0.258. The summed E-state index contributed by atoms with van der Waals surface area (Å²) >= 11 is 0. The van der Waals surface area contributed by atoms with Crippen LogP contribution < -0.4 is 16.4 Å². The number of hydrogen-bond acceptors (Lipinski definition) is 6. The number of nitrogens with one attached hydrogen (secondary N) is 2. The Morgan fingerprint density at radius 2 is 1.89 bits per heavy atom. The quantitative estimate of drug-likeness (QED) is 0.731. The van der Waals surface area contributed by atoms with Crippen molar-refractivity contribution >= 4 is 17.6 Å². The molecule has 4 N–H and O–H groups in total. The van der Waals surface area contributed by atoms with Gasteiger partial charge in [0.2, 0.25) is 5.95 Å². The van der Waals surface area contributed by atoms with Crippen LogP contribution in [0.25, 0.3) is 0 Å². The zero-order valence-corrected chi connectivity index (χ0v) is 10.2. The molecule has 2 aromatic heterocycles. The van der Waals surface area contributed by atoms with Crippen LogP contribution in [0, 0.1) is 0 Å². The number of anilines is 3. The van der Waals surface area contributed by atoms with E-state index in [9.17, 15) is 0 Å². The van der Waals surface area contributed by atoms with E-state index in [0.29, 0.717) is 5.82 Å². The summed E-state index contributed by atoms with van der Waals surface area (Å²) < 4.78 is 0. The second-order valence-electron chi connectivity index (χ2n) is 3.78. The van der Waals surface area contributed by atoms with Gasteiger partial charge >= 0.3 is 0 Å². The van der Waals surface area contributed by atoms with E-state index in [-0.39, 0.29) is 5.95 Å². The van der Waals surface area contributed by atoms with Gasteiger partial charge in [0.1, 0.15) is 11.6 Å². The first-order chi connectivity index (χ1) is 8.78. The zero-order valence-electron chi connectivity index (χ0n) is 10.2. The minimum atomic E-state index is 0.258. The lowest BCUT2D eigenvalue weighted by Crippen LogP contribution is -2.09. The van der Waals surface area contributed by atoms with Crippen LogP contribution in [0.5, 0.6) is 0 Å². The topological polar surface area (TPSA) is 88.8 Å². The average molecular weight is 244 g/mol. The molecule has 0 spiro atoms. The molecule has 0 radical (unpaired) electrons. The van der Waals surface area contributed by atoms with E-state index in [4.69, 9.17) is 5.73 Å². The first-order valence-electron chi connectivity index (χ1n) is 5.73. The van der Waals surface area contributed by atoms with Gasteiger partial charge in [-0.15, -0.1) is 0 Å². The highest BCUT2D eigenvalue weighted by Crippen LogP contribution is 2.11. The maximum Gasteiger partial charge on any atom is 0.223 e. The van der Waals surface area contributed by atoms with Gasteiger partial charge in [-0.05, 0) is 24.1 Å². The molecule has 94 valence electrons. The van der Waals surface area contributed by atoms with Crippen LogP contribution in [-0.4, -0.2) is 28.5 Å². The molecule has 0 aliphatic carbocycles. The predicted octanol–water partition coefficient (Wildman–Crippen LogP) is 1.15. The SMILES string of the molecule is CNc1cc(NCCc2ccncc2)nc(N)n1. The van der Waals surface area contributed by atoms with Crippen molar-refractivity contribution in [3.05, 3.63) is 36.2 Å². The van der Waals surface area contributed by atoms with Crippen LogP contribution in [0.4, 0.5) is 17.6 Å². The molecule has 18 heavy (non-hydrogen) atoms. The monoisotopic (exact) mass is 244 g/mol. The molecule has 0 aliphatic rings. The fourth-order valence-electron chi connectivity index (χ4n) is 1.57. The van der Waals surface area contributed by atoms with Gasteiger partial charge in [-0.2, -0.15) is 9.97 Å². The van der Waals surface area contributed by atoms with E-state index in [0.717, 1.165) is 18.8 Å². The summed E-state index contributed by atoms with van der Waals surface area (Å²) in [5.41, 5.74) is 6.84. The molecule has 0 fully saturated rings. The molecule has 6 heteroatoms. The van der Waals surface area contributed by atoms with Crippen molar-refractivity contribution in [1.29, 1.82) is 0 Å². The minimum Gasteiger partial charge on any atom is -0.373 e. The number of nitrogen functional groups attached to an aromatic ring is 1. The van der Waals surface area contributed by atoms with Gasteiger partial charge in [0.25, 0.3) is 0 Å². The molecule has 0 unspecified atom stereocenters. The lowest BCUT2D eigenvalue weighted by Gasteiger charge is -2.08. The molecular formula is C12H16N6. The average Bonchev–Trinajstić information content (AvgIpc) is 2.39. The first-order valence-corrected chi connectivity index (χ1v) is 5.73. The number of pyridine rings is 1. The molecule has 2 aromatic rings. The fourth-order valence-corrected chi connectivity index (χ4v) is 1.57. The van der Waals surface area contributed by atoms with Crippen LogP contribution >= 0.6 is 0 Å². The van der Waals surface area contributed by atoms with E-state index in [1.807, 2.05) is 18.2 Å². The van der Waals surface area contributed by atoms with Crippen molar-refractivity contribution in [2.24, 2.45) is 0 Å².